The van der Waals surface area contributed by atoms with Crippen LogP contribution in [0.2, 0.25) is 0 Å². The zero-order chi connectivity index (χ0) is 14.0. The van der Waals surface area contributed by atoms with Crippen molar-refractivity contribution in [2.24, 2.45) is 0 Å². The minimum absolute atomic E-state index is 0.0137. The van der Waals surface area contributed by atoms with Gasteiger partial charge in [0.1, 0.15) is 11.5 Å². The lowest BCUT2D eigenvalue weighted by Crippen LogP contribution is -2.13. The van der Waals surface area contributed by atoms with Gasteiger partial charge >= 0.3 is 5.97 Å². The predicted octanol–water partition coefficient (Wildman–Crippen LogP) is 2.30. The van der Waals surface area contributed by atoms with Crippen LogP contribution < -0.4 is 0 Å². The molecule has 0 aliphatic rings. The Morgan fingerprint density at radius 2 is 2.16 bits per heavy atom. The molecular weight excluding hydrogens is 254 g/mol. The molecule has 2 aromatic rings. The Kier molecular flexibility index (Phi) is 3.59. The fourth-order valence-electron chi connectivity index (χ4n) is 1.78. The SMILES string of the molecule is COC(=O)c1cnc(C)n1Cc1cccc(F)c1F. The molecule has 0 N–H and O–H groups in total. The smallest absolute Gasteiger partial charge is 0.356 e. The number of aromatic nitrogens is 2. The van der Waals surface area contributed by atoms with Crippen LogP contribution in [0.4, 0.5) is 8.78 Å². The van der Waals surface area contributed by atoms with Gasteiger partial charge in [-0.25, -0.2) is 18.6 Å². The quantitative estimate of drug-likeness (QED) is 0.801. The molecule has 1 heterocycles. The number of benzene rings is 1. The van der Waals surface area contributed by atoms with Gasteiger partial charge in [0.05, 0.1) is 19.9 Å². The lowest BCUT2D eigenvalue weighted by Gasteiger charge is -2.10. The fraction of sp³-hybridized carbons (Fsp3) is 0.231. The van der Waals surface area contributed by atoms with Crippen LogP contribution in [0.15, 0.2) is 24.4 Å². The Balaban J connectivity index is 2.41. The van der Waals surface area contributed by atoms with Crippen LogP contribution in [0.5, 0.6) is 0 Å². The van der Waals surface area contributed by atoms with Crippen LogP contribution in [0, 0.1) is 18.6 Å². The molecule has 0 radical (unpaired) electrons. The van der Waals surface area contributed by atoms with Crippen molar-refractivity contribution < 1.29 is 18.3 Å². The number of carbonyl (C=O) groups is 1. The maximum atomic E-state index is 13.6. The molecular formula is C13H12F2N2O2. The Morgan fingerprint density at radius 1 is 1.42 bits per heavy atom. The molecule has 0 amide bonds. The first-order valence-electron chi connectivity index (χ1n) is 5.58. The molecule has 100 valence electrons. The second-order valence-electron chi connectivity index (χ2n) is 3.98. The summed E-state index contributed by atoms with van der Waals surface area (Å²) in [5, 5.41) is 0. The molecule has 1 aromatic heterocycles. The van der Waals surface area contributed by atoms with E-state index in [0.29, 0.717) is 5.82 Å². The molecule has 1 aromatic carbocycles. The summed E-state index contributed by atoms with van der Waals surface area (Å²) in [5.41, 5.74) is 0.343. The lowest BCUT2D eigenvalue weighted by atomic mass is 10.2. The van der Waals surface area contributed by atoms with Gasteiger partial charge in [-0.1, -0.05) is 12.1 Å². The maximum absolute atomic E-state index is 13.6. The predicted molar refractivity (Wildman–Crippen MR) is 63.8 cm³/mol. The first kappa shape index (κ1) is 13.2. The fourth-order valence-corrected chi connectivity index (χ4v) is 1.78. The number of hydrogen-bond acceptors (Lipinski definition) is 3. The third-order valence-electron chi connectivity index (χ3n) is 2.81. The van der Waals surface area contributed by atoms with Crippen LogP contribution in [0.1, 0.15) is 21.9 Å². The highest BCUT2D eigenvalue weighted by molar-refractivity contribution is 5.87. The Bertz CT molecular complexity index is 623. The Labute approximate surface area is 108 Å². The van der Waals surface area contributed by atoms with Gasteiger partial charge in [0.25, 0.3) is 0 Å². The van der Waals surface area contributed by atoms with E-state index >= 15 is 0 Å². The van der Waals surface area contributed by atoms with E-state index in [0.717, 1.165) is 6.07 Å². The number of imidazole rings is 1. The van der Waals surface area contributed by atoms with E-state index in [4.69, 9.17) is 0 Å². The van der Waals surface area contributed by atoms with Crippen molar-refractivity contribution in [1.29, 1.82) is 0 Å². The molecule has 0 atom stereocenters. The number of aryl methyl sites for hydroxylation is 1. The van der Waals surface area contributed by atoms with Crippen molar-refractivity contribution in [1.82, 2.24) is 9.55 Å². The highest BCUT2D eigenvalue weighted by atomic mass is 19.2. The molecule has 0 saturated carbocycles. The minimum Gasteiger partial charge on any atom is -0.464 e. The molecule has 0 fully saturated rings. The van der Waals surface area contributed by atoms with Gasteiger partial charge in [0.15, 0.2) is 11.6 Å². The van der Waals surface area contributed by atoms with Gasteiger partial charge in [-0.05, 0) is 13.0 Å². The number of ether oxygens (including phenoxy) is 1. The van der Waals surface area contributed by atoms with Gasteiger partial charge in [0, 0.05) is 5.56 Å². The molecule has 0 unspecified atom stereocenters. The highest BCUT2D eigenvalue weighted by Gasteiger charge is 2.17. The second kappa shape index (κ2) is 5.17. The maximum Gasteiger partial charge on any atom is 0.356 e. The summed E-state index contributed by atoms with van der Waals surface area (Å²) in [5.74, 6) is -1.90. The molecule has 0 aliphatic carbocycles. The summed E-state index contributed by atoms with van der Waals surface area (Å²) in [6.07, 6.45) is 1.35. The monoisotopic (exact) mass is 266 g/mol. The van der Waals surface area contributed by atoms with Crippen LogP contribution >= 0.6 is 0 Å². The third-order valence-corrected chi connectivity index (χ3v) is 2.81. The van der Waals surface area contributed by atoms with Gasteiger partial charge < -0.3 is 9.30 Å². The first-order chi connectivity index (χ1) is 9.04. The van der Waals surface area contributed by atoms with Crippen molar-refractivity contribution in [3.8, 4) is 0 Å². The van der Waals surface area contributed by atoms with Crippen molar-refractivity contribution in [3.05, 3.63) is 53.1 Å². The summed E-state index contributed by atoms with van der Waals surface area (Å²) < 4.78 is 32.8. The van der Waals surface area contributed by atoms with E-state index in [-0.39, 0.29) is 17.8 Å². The van der Waals surface area contributed by atoms with E-state index in [1.807, 2.05) is 0 Å². The highest BCUT2D eigenvalue weighted by Crippen LogP contribution is 2.15. The second-order valence-corrected chi connectivity index (χ2v) is 3.98. The molecule has 0 saturated heterocycles. The number of halogens is 2. The average Bonchev–Trinajstić information content (AvgIpc) is 2.76. The normalized spacial score (nSPS) is 10.5. The van der Waals surface area contributed by atoms with Gasteiger partial charge in [-0.3, -0.25) is 0 Å². The van der Waals surface area contributed by atoms with Gasteiger partial charge in [-0.15, -0.1) is 0 Å². The minimum atomic E-state index is -0.925. The van der Waals surface area contributed by atoms with Crippen molar-refractivity contribution in [2.45, 2.75) is 13.5 Å². The molecule has 0 aliphatic heterocycles. The summed E-state index contributed by atoms with van der Waals surface area (Å²) in [6.45, 7) is 1.68. The number of nitrogens with zero attached hydrogens (tertiary/aromatic N) is 2. The third kappa shape index (κ3) is 2.47. The zero-order valence-electron chi connectivity index (χ0n) is 10.5. The van der Waals surface area contributed by atoms with Crippen LogP contribution in [0.3, 0.4) is 0 Å². The van der Waals surface area contributed by atoms with E-state index in [1.165, 1.54) is 30.0 Å². The van der Waals surface area contributed by atoms with Crippen molar-refractivity contribution in [2.75, 3.05) is 7.11 Å². The molecule has 6 heteroatoms. The summed E-state index contributed by atoms with van der Waals surface area (Å²) in [7, 11) is 1.25. The molecule has 19 heavy (non-hydrogen) atoms. The van der Waals surface area contributed by atoms with Crippen LogP contribution in [-0.2, 0) is 11.3 Å². The number of carbonyl (C=O) groups excluding carboxylic acids is 1. The lowest BCUT2D eigenvalue weighted by molar-refractivity contribution is 0.0588. The van der Waals surface area contributed by atoms with E-state index in [9.17, 15) is 13.6 Å². The largest absolute Gasteiger partial charge is 0.464 e. The van der Waals surface area contributed by atoms with E-state index in [2.05, 4.69) is 9.72 Å². The average molecular weight is 266 g/mol. The standard InChI is InChI=1S/C13H12F2N2O2/c1-8-16-6-11(13(18)19-2)17(8)7-9-4-3-5-10(14)12(9)15/h3-6H,7H2,1-2H3. The summed E-state index contributed by atoms with van der Waals surface area (Å²) in [6, 6.07) is 3.91. The topological polar surface area (TPSA) is 44.1 Å². The summed E-state index contributed by atoms with van der Waals surface area (Å²) in [4.78, 5) is 15.5. The van der Waals surface area contributed by atoms with Crippen molar-refractivity contribution in [3.63, 3.8) is 0 Å². The molecule has 2 rings (SSSR count). The van der Waals surface area contributed by atoms with Gasteiger partial charge in [-0.2, -0.15) is 0 Å². The van der Waals surface area contributed by atoms with E-state index in [1.54, 1.807) is 6.92 Å². The van der Waals surface area contributed by atoms with Gasteiger partial charge in [0.2, 0.25) is 0 Å². The first-order valence-corrected chi connectivity index (χ1v) is 5.58. The van der Waals surface area contributed by atoms with E-state index < -0.39 is 17.6 Å². The summed E-state index contributed by atoms with van der Waals surface area (Å²) >= 11 is 0. The Morgan fingerprint density at radius 3 is 2.84 bits per heavy atom. The van der Waals surface area contributed by atoms with Crippen molar-refractivity contribution >= 4 is 5.97 Å². The molecule has 0 spiro atoms. The van der Waals surface area contributed by atoms with Crippen LogP contribution in [-0.4, -0.2) is 22.6 Å². The number of rotatable bonds is 3. The number of esters is 1. The molecule has 0 bridgehead atoms. The number of hydrogen-bond donors (Lipinski definition) is 0. The molecule has 4 nitrogen and oxygen atoms in total. The number of methoxy groups -OCH3 is 1. The Hall–Kier alpha value is -2.24. The van der Waals surface area contributed by atoms with Crippen LogP contribution in [0.25, 0.3) is 0 Å². The zero-order valence-corrected chi connectivity index (χ0v) is 10.5.